The Morgan fingerprint density at radius 1 is 1.27 bits per heavy atom. The normalized spacial score (nSPS) is 10.9. The van der Waals surface area contributed by atoms with Crippen LogP contribution >= 0.6 is 0 Å². The third-order valence-electron chi connectivity index (χ3n) is 1.30. The first-order valence-electron chi connectivity index (χ1n) is 4.93. The van der Waals surface area contributed by atoms with Crippen LogP contribution in [0.1, 0.15) is 40.5 Å². The number of rotatable bonds is 5. The van der Waals surface area contributed by atoms with Crippen molar-refractivity contribution in [1.82, 2.24) is 5.48 Å². The monoisotopic (exact) mass is 217 g/mol. The Kier molecular flexibility index (Phi) is 5.93. The van der Waals surface area contributed by atoms with Crippen molar-refractivity contribution < 1.29 is 19.2 Å². The maximum atomic E-state index is 11.2. The molecular weight excluding hydrogens is 198 g/mol. The Labute approximate surface area is 90.1 Å². The molecule has 0 atom stereocenters. The zero-order chi connectivity index (χ0) is 11.9. The van der Waals surface area contributed by atoms with Gasteiger partial charge in [0, 0.05) is 19.9 Å². The van der Waals surface area contributed by atoms with E-state index < -0.39 is 11.6 Å². The molecule has 0 aliphatic rings. The highest BCUT2D eigenvalue weighted by atomic mass is 16.7. The highest BCUT2D eigenvalue weighted by Crippen LogP contribution is 2.08. The number of carbonyl (C=O) groups is 2. The van der Waals surface area contributed by atoms with Gasteiger partial charge < -0.3 is 9.57 Å². The third-order valence-corrected chi connectivity index (χ3v) is 1.30. The van der Waals surface area contributed by atoms with Crippen LogP contribution in [0.2, 0.25) is 0 Å². The van der Waals surface area contributed by atoms with Crippen LogP contribution in [0.25, 0.3) is 0 Å². The lowest BCUT2D eigenvalue weighted by Gasteiger charge is -2.19. The summed E-state index contributed by atoms with van der Waals surface area (Å²) in [6, 6.07) is 0. The Bertz CT molecular complexity index is 220. The van der Waals surface area contributed by atoms with Crippen molar-refractivity contribution in [2.45, 2.75) is 46.1 Å². The molecule has 0 unspecified atom stereocenters. The molecule has 5 nitrogen and oxygen atoms in total. The van der Waals surface area contributed by atoms with Gasteiger partial charge in [-0.2, -0.15) is 5.48 Å². The summed E-state index contributed by atoms with van der Waals surface area (Å²) >= 11 is 0. The van der Waals surface area contributed by atoms with E-state index in [9.17, 15) is 9.59 Å². The number of nitrogens with one attached hydrogen (secondary N) is 1. The predicted molar refractivity (Wildman–Crippen MR) is 54.8 cm³/mol. The van der Waals surface area contributed by atoms with Crippen LogP contribution in [0.3, 0.4) is 0 Å². The second kappa shape index (κ2) is 6.40. The lowest BCUT2D eigenvalue weighted by molar-refractivity contribution is -0.155. The van der Waals surface area contributed by atoms with Gasteiger partial charge >= 0.3 is 11.9 Å². The minimum Gasteiger partial charge on any atom is -0.460 e. The summed E-state index contributed by atoms with van der Waals surface area (Å²) in [5, 5.41) is 0. The largest absolute Gasteiger partial charge is 0.460 e. The predicted octanol–water partition coefficient (Wildman–Crippen LogP) is 1.18. The van der Waals surface area contributed by atoms with Gasteiger partial charge in [0.1, 0.15) is 5.60 Å². The van der Waals surface area contributed by atoms with Crippen molar-refractivity contribution in [2.75, 3.05) is 6.54 Å². The Balaban J connectivity index is 3.44. The molecule has 0 aliphatic carbocycles. The van der Waals surface area contributed by atoms with E-state index in [1.54, 1.807) is 0 Å². The van der Waals surface area contributed by atoms with Gasteiger partial charge in [0.15, 0.2) is 0 Å². The third kappa shape index (κ3) is 10.8. The first kappa shape index (κ1) is 13.9. The standard InChI is InChI=1S/C10H19NO4/c1-8(12)15-11-7-5-6-9(13)14-10(2,3)4/h11H,5-7H2,1-4H3. The van der Waals surface area contributed by atoms with Gasteiger partial charge in [0.2, 0.25) is 0 Å². The summed E-state index contributed by atoms with van der Waals surface area (Å²) in [7, 11) is 0. The number of carbonyl (C=O) groups excluding carboxylic acids is 2. The Hall–Kier alpha value is -1.10. The summed E-state index contributed by atoms with van der Waals surface area (Å²) < 4.78 is 5.09. The summed E-state index contributed by atoms with van der Waals surface area (Å²) in [6.07, 6.45) is 0.883. The molecule has 88 valence electrons. The molecule has 0 saturated carbocycles. The summed E-state index contributed by atoms with van der Waals surface area (Å²) in [5.74, 6) is -0.639. The van der Waals surface area contributed by atoms with Gasteiger partial charge in [-0.25, -0.2) is 0 Å². The maximum Gasteiger partial charge on any atom is 0.321 e. The fourth-order valence-corrected chi connectivity index (χ4v) is 0.850. The topological polar surface area (TPSA) is 64.6 Å². The van der Waals surface area contributed by atoms with Crippen molar-refractivity contribution in [3.8, 4) is 0 Å². The van der Waals surface area contributed by atoms with E-state index in [-0.39, 0.29) is 5.97 Å². The first-order chi connectivity index (χ1) is 6.81. The molecule has 1 N–H and O–H groups in total. The van der Waals surface area contributed by atoms with Crippen LogP contribution < -0.4 is 5.48 Å². The molecule has 0 amide bonds. The number of hydrogen-bond acceptors (Lipinski definition) is 5. The molecule has 0 radical (unpaired) electrons. The molecule has 0 aromatic heterocycles. The van der Waals surface area contributed by atoms with Gasteiger partial charge in [-0.3, -0.25) is 9.59 Å². The van der Waals surface area contributed by atoms with E-state index in [1.807, 2.05) is 20.8 Å². The SMILES string of the molecule is CC(=O)ONCCCC(=O)OC(C)(C)C. The highest BCUT2D eigenvalue weighted by molar-refractivity contribution is 5.69. The molecule has 0 aromatic carbocycles. The average Bonchev–Trinajstić information content (AvgIpc) is 1.99. The summed E-state index contributed by atoms with van der Waals surface area (Å²) in [5.41, 5.74) is 2.00. The van der Waals surface area contributed by atoms with Crippen molar-refractivity contribution in [1.29, 1.82) is 0 Å². The van der Waals surface area contributed by atoms with Crippen LogP contribution in [0.5, 0.6) is 0 Å². The molecule has 0 fully saturated rings. The molecule has 0 bridgehead atoms. The van der Waals surface area contributed by atoms with Crippen molar-refractivity contribution in [3.05, 3.63) is 0 Å². The molecule has 15 heavy (non-hydrogen) atoms. The quantitative estimate of drug-likeness (QED) is 0.425. The van der Waals surface area contributed by atoms with Gasteiger partial charge in [-0.1, -0.05) is 0 Å². The van der Waals surface area contributed by atoms with Crippen LogP contribution in [0, 0.1) is 0 Å². The van der Waals surface area contributed by atoms with Gasteiger partial charge in [0.05, 0.1) is 0 Å². The molecule has 0 aliphatic heterocycles. The van der Waals surface area contributed by atoms with E-state index in [2.05, 4.69) is 10.3 Å². The second-order valence-corrected chi connectivity index (χ2v) is 4.18. The summed E-state index contributed by atoms with van der Waals surface area (Å²) in [6.45, 7) is 7.21. The second-order valence-electron chi connectivity index (χ2n) is 4.18. The molecule has 0 aromatic rings. The maximum absolute atomic E-state index is 11.2. The van der Waals surface area contributed by atoms with Gasteiger partial charge in [-0.05, 0) is 27.2 Å². The first-order valence-corrected chi connectivity index (χ1v) is 4.93. The van der Waals surface area contributed by atoms with Crippen LogP contribution in [0.15, 0.2) is 0 Å². The van der Waals surface area contributed by atoms with Crippen molar-refractivity contribution in [2.24, 2.45) is 0 Å². The average molecular weight is 217 g/mol. The lowest BCUT2D eigenvalue weighted by atomic mass is 10.2. The molecule has 0 saturated heterocycles. The van der Waals surface area contributed by atoms with E-state index in [0.29, 0.717) is 19.4 Å². The molecule has 0 rings (SSSR count). The smallest absolute Gasteiger partial charge is 0.321 e. The summed E-state index contributed by atoms with van der Waals surface area (Å²) in [4.78, 5) is 26.0. The minimum atomic E-state index is -0.444. The van der Waals surface area contributed by atoms with Crippen LogP contribution in [-0.4, -0.2) is 24.1 Å². The van der Waals surface area contributed by atoms with Crippen molar-refractivity contribution in [3.63, 3.8) is 0 Å². The Morgan fingerprint density at radius 3 is 2.33 bits per heavy atom. The van der Waals surface area contributed by atoms with Crippen LogP contribution in [-0.2, 0) is 19.2 Å². The number of hydroxylamine groups is 1. The van der Waals surface area contributed by atoms with E-state index in [0.717, 1.165) is 0 Å². The highest BCUT2D eigenvalue weighted by Gasteiger charge is 2.15. The zero-order valence-corrected chi connectivity index (χ0v) is 9.75. The molecule has 0 spiro atoms. The molecular formula is C10H19NO4. The number of esters is 1. The van der Waals surface area contributed by atoms with Crippen molar-refractivity contribution >= 4 is 11.9 Å². The van der Waals surface area contributed by atoms with Gasteiger partial charge in [0.25, 0.3) is 0 Å². The fraction of sp³-hybridized carbons (Fsp3) is 0.800. The van der Waals surface area contributed by atoms with Gasteiger partial charge in [-0.15, -0.1) is 0 Å². The molecule has 0 heterocycles. The number of hydrogen-bond donors (Lipinski definition) is 1. The molecule has 5 heteroatoms. The fourth-order valence-electron chi connectivity index (χ4n) is 0.850. The van der Waals surface area contributed by atoms with E-state index >= 15 is 0 Å². The van der Waals surface area contributed by atoms with E-state index in [1.165, 1.54) is 6.92 Å². The van der Waals surface area contributed by atoms with E-state index in [4.69, 9.17) is 4.74 Å². The number of ether oxygens (including phenoxy) is 1. The Morgan fingerprint density at radius 2 is 1.87 bits per heavy atom. The minimum absolute atomic E-state index is 0.243. The zero-order valence-electron chi connectivity index (χ0n) is 9.75. The lowest BCUT2D eigenvalue weighted by Crippen LogP contribution is -2.25. The van der Waals surface area contributed by atoms with Crippen LogP contribution in [0.4, 0.5) is 0 Å².